The molecule has 0 atom stereocenters. The quantitative estimate of drug-likeness (QED) is 0.758. The molecule has 7 nitrogen and oxygen atoms in total. The molecule has 7 heteroatoms. The van der Waals surface area contributed by atoms with Crippen molar-refractivity contribution in [3.8, 4) is 11.5 Å². The molecule has 25 heavy (non-hydrogen) atoms. The molecular weight excluding hydrogens is 326 g/mol. The van der Waals surface area contributed by atoms with Gasteiger partial charge in [0.25, 0.3) is 5.91 Å². The monoisotopic (exact) mass is 339 g/mol. The van der Waals surface area contributed by atoms with Crippen molar-refractivity contribution in [2.45, 2.75) is 6.54 Å². The average Bonchev–Trinajstić information content (AvgIpc) is 3.23. The number of carboxylic acids is 1. The number of amides is 1. The highest BCUT2D eigenvalue weighted by Gasteiger charge is 2.21. The molecule has 0 radical (unpaired) electrons. The summed E-state index contributed by atoms with van der Waals surface area (Å²) in [5, 5.41) is 12.7. The van der Waals surface area contributed by atoms with E-state index < -0.39 is 5.97 Å². The first-order valence-electron chi connectivity index (χ1n) is 7.55. The van der Waals surface area contributed by atoms with Gasteiger partial charge in [0.15, 0.2) is 11.5 Å². The Hall–Kier alpha value is -3.48. The van der Waals surface area contributed by atoms with Crippen LogP contribution in [-0.2, 0) is 6.54 Å². The number of furan rings is 1. The first-order chi connectivity index (χ1) is 12.1. The third-order valence-corrected chi connectivity index (χ3v) is 3.95. The van der Waals surface area contributed by atoms with Crippen molar-refractivity contribution in [1.29, 1.82) is 0 Å². The van der Waals surface area contributed by atoms with Gasteiger partial charge in [-0.15, -0.1) is 0 Å². The molecule has 1 aromatic heterocycles. The summed E-state index contributed by atoms with van der Waals surface area (Å²) in [6.07, 6.45) is 0. The first-order valence-corrected chi connectivity index (χ1v) is 7.55. The maximum atomic E-state index is 12.4. The second-order valence-corrected chi connectivity index (χ2v) is 5.46. The highest BCUT2D eigenvalue weighted by atomic mass is 16.7. The lowest BCUT2D eigenvalue weighted by atomic mass is 10.1. The van der Waals surface area contributed by atoms with Crippen LogP contribution in [-0.4, -0.2) is 23.8 Å². The predicted octanol–water partition coefficient (Wildman–Crippen LogP) is 2.79. The molecule has 3 aromatic rings. The van der Waals surface area contributed by atoms with Crippen molar-refractivity contribution in [1.82, 2.24) is 5.32 Å². The van der Waals surface area contributed by atoms with Gasteiger partial charge in [-0.3, -0.25) is 4.79 Å². The Morgan fingerprint density at radius 2 is 1.88 bits per heavy atom. The minimum absolute atomic E-state index is 0.0337. The van der Waals surface area contributed by atoms with Crippen molar-refractivity contribution in [2.24, 2.45) is 0 Å². The van der Waals surface area contributed by atoms with Crippen LogP contribution < -0.4 is 14.8 Å². The molecule has 0 saturated heterocycles. The standard InChI is InChI=1S/C18H13NO6/c20-17(10-5-6-14-15(7-10)24-9-23-14)19-8-12-11-3-1-2-4-13(11)25-16(12)18(21)22/h1-7H,8-9H2,(H,19,20)(H,21,22). The molecule has 1 aliphatic rings. The van der Waals surface area contributed by atoms with E-state index in [9.17, 15) is 14.7 Å². The molecular formula is C18H13NO6. The van der Waals surface area contributed by atoms with Crippen molar-refractivity contribution >= 4 is 22.8 Å². The number of aromatic carboxylic acids is 1. The number of nitrogens with one attached hydrogen (secondary N) is 1. The van der Waals surface area contributed by atoms with Gasteiger partial charge < -0.3 is 24.3 Å². The fourth-order valence-corrected chi connectivity index (χ4v) is 2.76. The number of carbonyl (C=O) groups is 2. The number of carboxylic acid groups (broad SMARTS) is 1. The Kier molecular flexibility index (Phi) is 3.53. The van der Waals surface area contributed by atoms with Crippen LogP contribution in [0.2, 0.25) is 0 Å². The molecule has 4 rings (SSSR count). The van der Waals surface area contributed by atoms with Gasteiger partial charge in [-0.05, 0) is 24.3 Å². The molecule has 126 valence electrons. The lowest BCUT2D eigenvalue weighted by Gasteiger charge is -2.06. The molecule has 1 amide bonds. The van der Waals surface area contributed by atoms with Gasteiger partial charge in [-0.2, -0.15) is 0 Å². The van der Waals surface area contributed by atoms with Crippen LogP contribution >= 0.6 is 0 Å². The minimum atomic E-state index is -1.18. The number of fused-ring (bicyclic) bond motifs is 2. The molecule has 0 fully saturated rings. The molecule has 1 aliphatic heterocycles. The highest BCUT2D eigenvalue weighted by molar-refractivity contribution is 5.97. The zero-order valence-electron chi connectivity index (χ0n) is 12.9. The molecule has 0 saturated carbocycles. The minimum Gasteiger partial charge on any atom is -0.475 e. The van der Waals surface area contributed by atoms with Crippen LogP contribution in [0.4, 0.5) is 0 Å². The summed E-state index contributed by atoms with van der Waals surface area (Å²) in [5.41, 5.74) is 1.29. The van der Waals surface area contributed by atoms with Crippen LogP contribution in [0.15, 0.2) is 46.9 Å². The number of hydrogen-bond acceptors (Lipinski definition) is 5. The van der Waals surface area contributed by atoms with Gasteiger partial charge in [0.05, 0.1) is 0 Å². The summed E-state index contributed by atoms with van der Waals surface area (Å²) in [6, 6.07) is 11.8. The SMILES string of the molecule is O=C(NCc1c(C(=O)O)oc2ccccc12)c1ccc2c(c1)OCO2. The Balaban J connectivity index is 1.59. The zero-order chi connectivity index (χ0) is 17.4. The Labute approximate surface area is 141 Å². The van der Waals surface area contributed by atoms with E-state index in [1.807, 2.05) is 0 Å². The lowest BCUT2D eigenvalue weighted by molar-refractivity contribution is 0.0662. The summed E-state index contributed by atoms with van der Waals surface area (Å²) in [5.74, 6) is -0.603. The predicted molar refractivity (Wildman–Crippen MR) is 86.9 cm³/mol. The summed E-state index contributed by atoms with van der Waals surface area (Å²) >= 11 is 0. The third-order valence-electron chi connectivity index (χ3n) is 3.95. The number of hydrogen-bond donors (Lipinski definition) is 2. The topological polar surface area (TPSA) is 98.0 Å². The van der Waals surface area contributed by atoms with Crippen molar-refractivity contribution in [3.63, 3.8) is 0 Å². The Morgan fingerprint density at radius 3 is 2.72 bits per heavy atom. The van der Waals surface area contributed by atoms with Gasteiger partial charge >= 0.3 is 5.97 Å². The normalized spacial score (nSPS) is 12.3. The number of para-hydroxylation sites is 1. The van der Waals surface area contributed by atoms with Crippen LogP contribution in [0, 0.1) is 0 Å². The van der Waals surface area contributed by atoms with E-state index in [4.69, 9.17) is 13.9 Å². The molecule has 0 aliphatic carbocycles. The zero-order valence-corrected chi connectivity index (χ0v) is 12.9. The van der Waals surface area contributed by atoms with Crippen LogP contribution in [0.25, 0.3) is 11.0 Å². The molecule has 2 aromatic carbocycles. The maximum absolute atomic E-state index is 12.4. The van der Waals surface area contributed by atoms with Gasteiger partial charge in [0.2, 0.25) is 12.6 Å². The van der Waals surface area contributed by atoms with Crippen LogP contribution in [0.1, 0.15) is 26.5 Å². The van der Waals surface area contributed by atoms with E-state index in [1.165, 1.54) is 0 Å². The molecule has 2 heterocycles. The van der Waals surface area contributed by atoms with Gasteiger partial charge in [0.1, 0.15) is 5.58 Å². The van der Waals surface area contributed by atoms with E-state index in [2.05, 4.69) is 5.32 Å². The van der Waals surface area contributed by atoms with Crippen molar-refractivity contribution < 1.29 is 28.6 Å². The van der Waals surface area contributed by atoms with E-state index in [0.717, 1.165) is 0 Å². The van der Waals surface area contributed by atoms with Crippen LogP contribution in [0.3, 0.4) is 0 Å². The van der Waals surface area contributed by atoms with Gasteiger partial charge in [0, 0.05) is 23.1 Å². The van der Waals surface area contributed by atoms with Gasteiger partial charge in [-0.25, -0.2) is 4.79 Å². The van der Waals surface area contributed by atoms with E-state index in [1.54, 1.807) is 42.5 Å². The van der Waals surface area contributed by atoms with E-state index >= 15 is 0 Å². The van der Waals surface area contributed by atoms with Crippen molar-refractivity contribution in [3.05, 3.63) is 59.4 Å². The number of carbonyl (C=O) groups excluding carboxylic acids is 1. The summed E-state index contributed by atoms with van der Waals surface area (Å²) in [6.45, 7) is 0.162. The molecule has 2 N–H and O–H groups in total. The van der Waals surface area contributed by atoms with Crippen LogP contribution in [0.5, 0.6) is 11.5 Å². The average molecular weight is 339 g/mol. The summed E-state index contributed by atoms with van der Waals surface area (Å²) in [4.78, 5) is 23.8. The number of ether oxygens (including phenoxy) is 2. The maximum Gasteiger partial charge on any atom is 0.372 e. The smallest absolute Gasteiger partial charge is 0.372 e. The summed E-state index contributed by atoms with van der Waals surface area (Å²) < 4.78 is 15.8. The Morgan fingerprint density at radius 1 is 1.08 bits per heavy atom. The van der Waals surface area contributed by atoms with Crippen molar-refractivity contribution in [2.75, 3.05) is 6.79 Å². The largest absolute Gasteiger partial charge is 0.475 e. The van der Waals surface area contributed by atoms with E-state index in [-0.39, 0.29) is 25.0 Å². The van der Waals surface area contributed by atoms with Gasteiger partial charge in [-0.1, -0.05) is 18.2 Å². The highest BCUT2D eigenvalue weighted by Crippen LogP contribution is 2.32. The fourth-order valence-electron chi connectivity index (χ4n) is 2.76. The lowest BCUT2D eigenvalue weighted by Crippen LogP contribution is -2.23. The van der Waals surface area contributed by atoms with E-state index in [0.29, 0.717) is 33.6 Å². The third kappa shape index (κ3) is 2.65. The molecule has 0 spiro atoms. The second-order valence-electron chi connectivity index (χ2n) is 5.46. The number of benzene rings is 2. The number of rotatable bonds is 4. The molecule has 0 unspecified atom stereocenters. The fraction of sp³-hybridized carbons (Fsp3) is 0.111. The second kappa shape index (κ2) is 5.86. The first kappa shape index (κ1) is 15.1. The molecule has 0 bridgehead atoms. The Bertz CT molecular complexity index is 990. The summed E-state index contributed by atoms with van der Waals surface area (Å²) in [7, 11) is 0.